The Morgan fingerprint density at radius 2 is 0.964 bits per heavy atom. The van der Waals surface area contributed by atoms with Gasteiger partial charge in [-0.25, -0.2) is 0 Å². The van der Waals surface area contributed by atoms with Crippen LogP contribution in [0.4, 0.5) is 0 Å². The number of esters is 1. The highest BCUT2D eigenvalue weighted by Gasteiger charge is 2.24. The summed E-state index contributed by atoms with van der Waals surface area (Å²) in [5, 5.41) is 23.6. The largest absolute Gasteiger partial charge is 0.462 e. The topological polar surface area (TPSA) is 95.9 Å². The molecule has 0 fully saturated rings. The number of hydrogen-bond acceptors (Lipinski definition) is 5. The predicted molar refractivity (Wildman–Crippen MR) is 241 cm³/mol. The maximum atomic E-state index is 13.1. The fraction of sp³-hybridized carbons (Fsp3) is 0.720. The van der Waals surface area contributed by atoms with Crippen molar-refractivity contribution in [1.29, 1.82) is 0 Å². The number of carbonyl (C=O) groups is 2. The molecule has 0 aliphatic carbocycles. The highest BCUT2D eigenvalue weighted by molar-refractivity contribution is 5.77. The van der Waals surface area contributed by atoms with Crippen molar-refractivity contribution in [3.05, 3.63) is 72.9 Å². The molecule has 3 atom stereocenters. The summed E-state index contributed by atoms with van der Waals surface area (Å²) in [4.78, 5) is 26.0. The summed E-state index contributed by atoms with van der Waals surface area (Å²) < 4.78 is 5.89. The van der Waals surface area contributed by atoms with Crippen molar-refractivity contribution >= 4 is 11.9 Å². The van der Waals surface area contributed by atoms with Crippen LogP contribution in [-0.4, -0.2) is 46.9 Å². The standard InChI is InChI=1S/C50H87NO5/c1-4-7-10-13-16-19-21-23-24-25-26-28-31-34-37-40-43-50(55)56-46(41-38-35-32-30-27-22-20-17-14-11-8-5-2)44-49(54)51-47(45-52)48(53)42-39-36-33-29-18-15-12-9-6-3/h7-8,10-11,16-17,19-20,23-24,26,28,46-48,52-53H,4-6,9,12-15,18,21-22,25,27,29-45H2,1-3H3,(H,51,54)/b10-7+,11-8+,19-16+,20-17+,24-23+,28-26+. The van der Waals surface area contributed by atoms with Crippen LogP contribution in [0.3, 0.4) is 0 Å². The van der Waals surface area contributed by atoms with Crippen molar-refractivity contribution in [2.45, 2.75) is 225 Å². The van der Waals surface area contributed by atoms with Gasteiger partial charge in [0, 0.05) is 6.42 Å². The van der Waals surface area contributed by atoms with Gasteiger partial charge in [-0.05, 0) is 89.9 Å². The number of ether oxygens (including phenoxy) is 1. The normalized spacial score (nSPS) is 14.0. The van der Waals surface area contributed by atoms with Crippen LogP contribution in [0.25, 0.3) is 0 Å². The van der Waals surface area contributed by atoms with E-state index in [-0.39, 0.29) is 24.9 Å². The average molecular weight is 782 g/mol. The first-order valence-electron chi connectivity index (χ1n) is 23.2. The molecule has 56 heavy (non-hydrogen) atoms. The van der Waals surface area contributed by atoms with Crippen molar-refractivity contribution in [1.82, 2.24) is 5.32 Å². The molecule has 0 aromatic carbocycles. The number of rotatable bonds is 40. The molecule has 3 unspecified atom stereocenters. The second-order valence-corrected chi connectivity index (χ2v) is 15.4. The van der Waals surface area contributed by atoms with E-state index in [2.05, 4.69) is 99.0 Å². The monoisotopic (exact) mass is 782 g/mol. The summed E-state index contributed by atoms with van der Waals surface area (Å²) in [7, 11) is 0. The lowest BCUT2D eigenvalue weighted by Crippen LogP contribution is -2.46. The molecule has 322 valence electrons. The van der Waals surface area contributed by atoms with E-state index in [0.717, 1.165) is 116 Å². The van der Waals surface area contributed by atoms with Gasteiger partial charge in [0.1, 0.15) is 6.10 Å². The number of aliphatic hydroxyl groups excluding tert-OH is 2. The van der Waals surface area contributed by atoms with Crippen LogP contribution in [0.5, 0.6) is 0 Å². The number of unbranched alkanes of at least 4 members (excludes halogenated alkanes) is 16. The molecule has 0 saturated heterocycles. The maximum absolute atomic E-state index is 13.1. The van der Waals surface area contributed by atoms with Gasteiger partial charge in [0.05, 0.1) is 25.2 Å². The minimum Gasteiger partial charge on any atom is -0.462 e. The molecule has 0 heterocycles. The SMILES string of the molecule is CC/C=C/C/C=C/C/C=C/C/C=C/CCCCCC(=O)OC(CCCCCCC/C=C/C/C=C/CC)CC(=O)NC(CO)C(O)CCCCCCCCCCC. The molecule has 0 aliphatic rings. The van der Waals surface area contributed by atoms with Crippen LogP contribution in [0.1, 0.15) is 207 Å². The van der Waals surface area contributed by atoms with Gasteiger partial charge in [-0.2, -0.15) is 0 Å². The Bertz CT molecular complexity index is 1060. The summed E-state index contributed by atoms with van der Waals surface area (Å²) in [5.74, 6) is -0.532. The zero-order chi connectivity index (χ0) is 41.0. The van der Waals surface area contributed by atoms with Gasteiger partial charge in [-0.15, -0.1) is 0 Å². The highest BCUT2D eigenvalue weighted by atomic mass is 16.5. The predicted octanol–water partition coefficient (Wildman–Crippen LogP) is 13.4. The Kier molecular flexibility index (Phi) is 41.3. The Morgan fingerprint density at radius 3 is 1.46 bits per heavy atom. The van der Waals surface area contributed by atoms with Gasteiger partial charge in [0.25, 0.3) is 0 Å². The first-order valence-corrected chi connectivity index (χ1v) is 23.2. The summed E-state index contributed by atoms with van der Waals surface area (Å²) in [6.07, 6.45) is 53.9. The summed E-state index contributed by atoms with van der Waals surface area (Å²) in [5.41, 5.74) is 0. The number of aliphatic hydroxyl groups is 2. The van der Waals surface area contributed by atoms with Crippen molar-refractivity contribution in [2.24, 2.45) is 0 Å². The van der Waals surface area contributed by atoms with Crippen molar-refractivity contribution in [2.75, 3.05) is 6.61 Å². The van der Waals surface area contributed by atoms with Gasteiger partial charge in [-0.3, -0.25) is 9.59 Å². The number of amides is 1. The molecule has 0 spiro atoms. The van der Waals surface area contributed by atoms with Crippen LogP contribution in [0.15, 0.2) is 72.9 Å². The van der Waals surface area contributed by atoms with Crippen LogP contribution in [-0.2, 0) is 14.3 Å². The van der Waals surface area contributed by atoms with Crippen LogP contribution >= 0.6 is 0 Å². The molecule has 0 aromatic heterocycles. The fourth-order valence-electron chi connectivity index (χ4n) is 6.57. The second-order valence-electron chi connectivity index (χ2n) is 15.4. The molecule has 1 amide bonds. The van der Waals surface area contributed by atoms with Gasteiger partial charge in [0.15, 0.2) is 0 Å². The van der Waals surface area contributed by atoms with E-state index in [1.54, 1.807) is 0 Å². The van der Waals surface area contributed by atoms with E-state index in [4.69, 9.17) is 4.74 Å². The smallest absolute Gasteiger partial charge is 0.306 e. The van der Waals surface area contributed by atoms with Gasteiger partial charge >= 0.3 is 5.97 Å². The minimum absolute atomic E-state index is 0.0517. The molecule has 0 aliphatic heterocycles. The van der Waals surface area contributed by atoms with Gasteiger partial charge in [0.2, 0.25) is 5.91 Å². The van der Waals surface area contributed by atoms with Crippen molar-refractivity contribution in [3.8, 4) is 0 Å². The Morgan fingerprint density at radius 1 is 0.536 bits per heavy atom. The zero-order valence-corrected chi connectivity index (χ0v) is 36.5. The number of hydrogen-bond donors (Lipinski definition) is 3. The summed E-state index contributed by atoms with van der Waals surface area (Å²) in [6.45, 7) is 6.21. The zero-order valence-electron chi connectivity index (χ0n) is 36.5. The van der Waals surface area contributed by atoms with E-state index < -0.39 is 18.2 Å². The first-order chi connectivity index (χ1) is 27.5. The Balaban J connectivity index is 4.67. The van der Waals surface area contributed by atoms with Gasteiger partial charge in [-0.1, -0.05) is 177 Å². The number of carbonyl (C=O) groups excluding carboxylic acids is 2. The lowest BCUT2D eigenvalue weighted by Gasteiger charge is -2.24. The summed E-state index contributed by atoms with van der Waals surface area (Å²) in [6, 6.07) is -0.713. The Labute approximate surface area is 345 Å². The molecule has 3 N–H and O–H groups in total. The molecule has 0 aromatic rings. The van der Waals surface area contributed by atoms with Gasteiger partial charge < -0.3 is 20.3 Å². The molecule has 0 bridgehead atoms. The van der Waals surface area contributed by atoms with Crippen LogP contribution < -0.4 is 5.32 Å². The number of allylic oxidation sites excluding steroid dienone is 12. The average Bonchev–Trinajstić information content (AvgIpc) is 3.19. The van der Waals surface area contributed by atoms with E-state index in [9.17, 15) is 19.8 Å². The first kappa shape index (κ1) is 53.3. The van der Waals surface area contributed by atoms with Crippen LogP contribution in [0, 0.1) is 0 Å². The lowest BCUT2D eigenvalue weighted by atomic mass is 10.0. The molecule has 0 saturated carbocycles. The van der Waals surface area contributed by atoms with Crippen LogP contribution in [0.2, 0.25) is 0 Å². The van der Waals surface area contributed by atoms with Crippen molar-refractivity contribution in [3.63, 3.8) is 0 Å². The van der Waals surface area contributed by atoms with E-state index in [0.29, 0.717) is 19.3 Å². The minimum atomic E-state index is -0.797. The summed E-state index contributed by atoms with van der Waals surface area (Å²) >= 11 is 0. The van der Waals surface area contributed by atoms with Crippen molar-refractivity contribution < 1.29 is 24.5 Å². The molecule has 6 nitrogen and oxygen atoms in total. The van der Waals surface area contributed by atoms with E-state index >= 15 is 0 Å². The molecule has 0 radical (unpaired) electrons. The fourth-order valence-corrected chi connectivity index (χ4v) is 6.57. The highest BCUT2D eigenvalue weighted by Crippen LogP contribution is 2.17. The molecular formula is C50H87NO5. The second kappa shape index (κ2) is 43.4. The van der Waals surface area contributed by atoms with E-state index in [1.165, 1.54) is 44.9 Å². The third kappa shape index (κ3) is 38.2. The third-order valence-electron chi connectivity index (χ3n) is 10.0. The molecule has 6 heteroatoms. The quantitative estimate of drug-likeness (QED) is 0.0327. The maximum Gasteiger partial charge on any atom is 0.306 e. The Hall–Kier alpha value is -2.70. The molecular weight excluding hydrogens is 695 g/mol. The third-order valence-corrected chi connectivity index (χ3v) is 10.0. The number of nitrogens with one attached hydrogen (secondary N) is 1. The lowest BCUT2D eigenvalue weighted by molar-refractivity contribution is -0.151. The molecule has 0 rings (SSSR count). The van der Waals surface area contributed by atoms with E-state index in [1.807, 2.05) is 0 Å².